The third-order valence-electron chi connectivity index (χ3n) is 7.16. The molecule has 37 heavy (non-hydrogen) atoms. The normalized spacial score (nSPS) is 22.9. The van der Waals surface area contributed by atoms with Crippen LogP contribution in [0.4, 0.5) is 11.4 Å². The predicted octanol–water partition coefficient (Wildman–Crippen LogP) is -0.233. The predicted molar refractivity (Wildman–Crippen MR) is 135 cm³/mol. The molecule has 1 saturated carbocycles. The van der Waals surface area contributed by atoms with Crippen molar-refractivity contribution in [1.82, 2.24) is 0 Å². The Hall–Kier alpha value is -2.18. The summed E-state index contributed by atoms with van der Waals surface area (Å²) in [5, 5.41) is 16.4. The summed E-state index contributed by atoms with van der Waals surface area (Å²) >= 11 is 0. The summed E-state index contributed by atoms with van der Waals surface area (Å²) in [6, 6.07) is 10.9. The van der Waals surface area contributed by atoms with E-state index in [1.807, 2.05) is 6.92 Å². The topological polar surface area (TPSA) is 145 Å². The minimum atomic E-state index is -4.34. The van der Waals surface area contributed by atoms with Gasteiger partial charge in [-0.3, -0.25) is 9.52 Å². The molecule has 190 valence electrons. The fourth-order valence-corrected chi connectivity index (χ4v) is 7.26. The number of fused-ring (bicyclic) bond motifs is 2. The number of carbonyl (C=O) groups excluding carboxylic acids is 1. The van der Waals surface area contributed by atoms with Crippen molar-refractivity contribution in [3.63, 3.8) is 0 Å². The molecule has 0 aromatic heterocycles. The van der Waals surface area contributed by atoms with E-state index in [9.17, 15) is 26.7 Å². The first kappa shape index (κ1) is 27.8. The summed E-state index contributed by atoms with van der Waals surface area (Å²) in [5.41, 5.74) is -0.0901. The summed E-state index contributed by atoms with van der Waals surface area (Å²) in [5.74, 6) is -0.987. The largest absolute Gasteiger partial charge is 1.00 e. The monoisotopic (exact) mass is 551 g/mol. The van der Waals surface area contributed by atoms with Crippen LogP contribution >= 0.6 is 0 Å². The number of sulfonamides is 2. The third kappa shape index (κ3) is 5.12. The van der Waals surface area contributed by atoms with Gasteiger partial charge in [-0.1, -0.05) is 55.7 Å². The zero-order valence-electron chi connectivity index (χ0n) is 20.9. The smallest absolute Gasteiger partial charge is 0.871 e. The SMILES string of the molecule is CC1(CC2CCCC2)C(=O)C(C2=NS(=O)(=O)c3cc(NS(C)(=O)=O)ccc3N2)=C([O-])c2ccccc21.[Na+]. The molecule has 3 aliphatic rings. The molecule has 0 bridgehead atoms. The number of nitrogens with one attached hydrogen (secondary N) is 2. The van der Waals surface area contributed by atoms with Crippen LogP contribution in [0.15, 0.2) is 57.3 Å². The molecule has 12 heteroatoms. The van der Waals surface area contributed by atoms with Gasteiger partial charge in [0.15, 0.2) is 11.6 Å². The van der Waals surface area contributed by atoms with Crippen LogP contribution in [0.25, 0.3) is 5.76 Å². The van der Waals surface area contributed by atoms with Crippen LogP contribution < -0.4 is 44.7 Å². The molecule has 0 spiro atoms. The molecule has 5 rings (SSSR count). The summed E-state index contributed by atoms with van der Waals surface area (Å²) in [6.45, 7) is 1.83. The van der Waals surface area contributed by atoms with Gasteiger partial charge in [0.1, 0.15) is 4.90 Å². The summed E-state index contributed by atoms with van der Waals surface area (Å²) < 4.78 is 55.4. The van der Waals surface area contributed by atoms with Gasteiger partial charge in [-0.2, -0.15) is 8.42 Å². The summed E-state index contributed by atoms with van der Waals surface area (Å²) in [6.07, 6.45) is 5.75. The zero-order valence-corrected chi connectivity index (χ0v) is 24.5. The van der Waals surface area contributed by atoms with Gasteiger partial charge < -0.3 is 10.4 Å². The number of ketones is 1. The van der Waals surface area contributed by atoms with Crippen molar-refractivity contribution < 1.29 is 56.3 Å². The van der Waals surface area contributed by atoms with E-state index >= 15 is 0 Å². The average Bonchev–Trinajstić information content (AvgIpc) is 3.30. The number of anilines is 2. The van der Waals surface area contributed by atoms with Crippen LogP contribution in [0.5, 0.6) is 0 Å². The van der Waals surface area contributed by atoms with E-state index in [0.717, 1.165) is 38.0 Å². The Morgan fingerprint density at radius 1 is 1.16 bits per heavy atom. The van der Waals surface area contributed by atoms with Gasteiger partial charge in [-0.15, -0.1) is 4.40 Å². The first-order chi connectivity index (χ1) is 16.9. The molecule has 2 aromatic rings. The van der Waals surface area contributed by atoms with Gasteiger partial charge in [0, 0.05) is 5.69 Å². The van der Waals surface area contributed by atoms with Gasteiger partial charge in [0.25, 0.3) is 10.0 Å². The molecule has 1 unspecified atom stereocenters. The Kier molecular flexibility index (Phi) is 7.41. The maximum atomic E-state index is 14.0. The van der Waals surface area contributed by atoms with Crippen LogP contribution in [0.2, 0.25) is 0 Å². The van der Waals surface area contributed by atoms with Gasteiger partial charge in [-0.25, -0.2) is 8.42 Å². The molecule has 0 saturated heterocycles. The maximum absolute atomic E-state index is 14.0. The van der Waals surface area contributed by atoms with E-state index in [2.05, 4.69) is 14.4 Å². The van der Waals surface area contributed by atoms with E-state index in [1.54, 1.807) is 24.3 Å². The fourth-order valence-electron chi connectivity index (χ4n) is 5.55. The fraction of sp³-hybridized carbons (Fsp3) is 0.360. The van der Waals surface area contributed by atoms with Crippen LogP contribution in [0.1, 0.15) is 50.2 Å². The van der Waals surface area contributed by atoms with Gasteiger partial charge in [0.05, 0.1) is 22.9 Å². The number of benzene rings is 2. The van der Waals surface area contributed by atoms with Gasteiger partial charge in [0.2, 0.25) is 10.0 Å². The average molecular weight is 552 g/mol. The molecule has 2 N–H and O–H groups in total. The van der Waals surface area contributed by atoms with E-state index in [0.29, 0.717) is 23.5 Å². The van der Waals surface area contributed by atoms with Crippen molar-refractivity contribution in [2.75, 3.05) is 16.3 Å². The molecule has 1 heterocycles. The van der Waals surface area contributed by atoms with Crippen molar-refractivity contribution in [2.45, 2.75) is 49.3 Å². The maximum Gasteiger partial charge on any atom is 1.00 e. The van der Waals surface area contributed by atoms with Crippen molar-refractivity contribution in [1.29, 1.82) is 0 Å². The summed E-state index contributed by atoms with van der Waals surface area (Å²) in [4.78, 5) is 13.7. The second kappa shape index (κ2) is 9.85. The van der Waals surface area contributed by atoms with Crippen molar-refractivity contribution in [3.05, 3.63) is 59.2 Å². The molecule has 0 radical (unpaired) electrons. The minimum Gasteiger partial charge on any atom is -0.871 e. The number of Topliss-reactive ketones (excluding diaryl/α,β-unsaturated/α-hetero) is 1. The number of hydrogen-bond acceptors (Lipinski definition) is 7. The number of nitrogens with zero attached hydrogens (tertiary/aromatic N) is 1. The van der Waals surface area contributed by atoms with Crippen LogP contribution in [-0.4, -0.2) is 34.7 Å². The molecular weight excluding hydrogens is 525 g/mol. The van der Waals surface area contributed by atoms with Crippen molar-refractivity contribution >= 4 is 48.8 Å². The second-order valence-electron chi connectivity index (χ2n) is 9.89. The summed E-state index contributed by atoms with van der Waals surface area (Å²) in [7, 11) is -7.97. The van der Waals surface area contributed by atoms with Crippen molar-refractivity contribution in [3.8, 4) is 0 Å². The number of rotatable bonds is 5. The quantitative estimate of drug-likeness (QED) is 0.488. The molecule has 0 amide bonds. The van der Waals surface area contributed by atoms with E-state index in [4.69, 9.17) is 0 Å². The molecule has 2 aliphatic carbocycles. The Balaban J connectivity index is 0.00000320. The zero-order chi connectivity index (χ0) is 25.9. The van der Waals surface area contributed by atoms with E-state index in [-0.39, 0.29) is 57.2 Å². The third-order valence-corrected chi connectivity index (χ3v) is 9.08. The number of hydrogen-bond donors (Lipinski definition) is 2. The van der Waals surface area contributed by atoms with Gasteiger partial charge >= 0.3 is 29.6 Å². The Morgan fingerprint density at radius 2 is 1.84 bits per heavy atom. The standard InChI is InChI=1S/C25H27N3O6S2.Na/c1-25(14-15-7-3-4-8-15)18-10-6-5-9-17(18)22(29)21(23(25)30)24-26-19-12-11-16(27-35(2,31)32)13-20(19)36(33,34)28-24;/h5-6,9-13,15,27,29H,3-4,7-8,14H2,1-2H3,(H,26,28);/q;+1/p-1. The Morgan fingerprint density at radius 3 is 2.51 bits per heavy atom. The molecule has 1 atom stereocenters. The number of carbonyl (C=O) groups is 1. The van der Waals surface area contributed by atoms with Crippen LogP contribution in [-0.2, 0) is 30.3 Å². The minimum absolute atomic E-state index is 0. The first-order valence-corrected chi connectivity index (χ1v) is 15.0. The van der Waals surface area contributed by atoms with Crippen LogP contribution in [0.3, 0.4) is 0 Å². The number of amidine groups is 1. The Bertz CT molecular complexity index is 1560. The second-order valence-corrected chi connectivity index (χ2v) is 13.2. The van der Waals surface area contributed by atoms with E-state index < -0.39 is 37.0 Å². The van der Waals surface area contributed by atoms with Crippen molar-refractivity contribution in [2.24, 2.45) is 10.3 Å². The molecule has 9 nitrogen and oxygen atoms in total. The molecule has 1 fully saturated rings. The van der Waals surface area contributed by atoms with Gasteiger partial charge in [-0.05, 0) is 48.6 Å². The Labute approximate surface area is 238 Å². The molecular formula is C25H26N3NaO6S2. The first-order valence-electron chi connectivity index (χ1n) is 11.7. The van der Waals surface area contributed by atoms with E-state index in [1.165, 1.54) is 12.1 Å². The molecule has 2 aromatic carbocycles. The van der Waals surface area contributed by atoms with Crippen LogP contribution in [0, 0.1) is 5.92 Å². The molecule has 1 aliphatic heterocycles.